The molecule has 0 fully saturated rings. The largest absolute Gasteiger partial charge is 0.386 e. The van der Waals surface area contributed by atoms with Crippen LogP contribution in [0.1, 0.15) is 0 Å². The van der Waals surface area contributed by atoms with Crippen molar-refractivity contribution in [1.29, 1.82) is 0 Å². The van der Waals surface area contributed by atoms with E-state index in [1.165, 1.54) is 21.3 Å². The molecular weight excluding hydrogens is 256 g/mol. The Morgan fingerprint density at radius 2 is 1.32 bits per heavy atom. The van der Waals surface area contributed by atoms with Crippen LogP contribution in [0.4, 0.5) is 0 Å². The van der Waals surface area contributed by atoms with Crippen LogP contribution in [0, 0.1) is 0 Å². The van der Waals surface area contributed by atoms with Gasteiger partial charge in [-0.1, -0.05) is 12.2 Å². The van der Waals surface area contributed by atoms with E-state index in [0.717, 1.165) is 0 Å². The Balaban J connectivity index is 2.69. The summed E-state index contributed by atoms with van der Waals surface area (Å²) in [7, 11) is 4.56. The molecule has 0 aromatic rings. The van der Waals surface area contributed by atoms with Gasteiger partial charge in [0.15, 0.2) is 0 Å². The van der Waals surface area contributed by atoms with Crippen LogP contribution in [-0.4, -0.2) is 71.2 Å². The molecule has 0 amide bonds. The fourth-order valence-corrected chi connectivity index (χ4v) is 1.80. The number of aliphatic hydroxyl groups excluding tert-OH is 1. The Hall–Kier alpha value is -0.540. The predicted molar refractivity (Wildman–Crippen MR) is 65.4 cm³/mol. The quantitative estimate of drug-likeness (QED) is 0.465. The summed E-state index contributed by atoms with van der Waals surface area (Å²) in [6.07, 6.45) is 1.04. The van der Waals surface area contributed by atoms with E-state index in [1.807, 2.05) is 0 Å². The summed E-state index contributed by atoms with van der Waals surface area (Å²) in [5.41, 5.74) is 0. The van der Waals surface area contributed by atoms with Gasteiger partial charge in [-0.2, -0.15) is 0 Å². The van der Waals surface area contributed by atoms with Gasteiger partial charge in [0.1, 0.15) is 44.8 Å². The van der Waals surface area contributed by atoms with E-state index < -0.39 is 18.3 Å². The molecule has 4 atom stereocenters. The molecule has 0 heterocycles. The van der Waals surface area contributed by atoms with E-state index in [0.29, 0.717) is 0 Å². The second-order valence-electron chi connectivity index (χ2n) is 3.99. The summed E-state index contributed by atoms with van der Waals surface area (Å²) in [5, 5.41) is 9.93. The lowest BCUT2D eigenvalue weighted by atomic mass is 9.96. The van der Waals surface area contributed by atoms with Crippen molar-refractivity contribution in [2.45, 2.75) is 24.4 Å². The van der Waals surface area contributed by atoms with E-state index in [4.69, 9.17) is 28.4 Å². The van der Waals surface area contributed by atoms with Gasteiger partial charge in [-0.05, 0) is 0 Å². The third kappa shape index (κ3) is 5.15. The summed E-state index contributed by atoms with van der Waals surface area (Å²) >= 11 is 0. The molecule has 0 aliphatic heterocycles. The third-order valence-electron chi connectivity index (χ3n) is 2.62. The Kier molecular flexibility index (Phi) is 8.15. The molecule has 0 aromatic heterocycles. The number of ether oxygens (including phenoxy) is 6. The Morgan fingerprint density at radius 3 is 1.89 bits per heavy atom. The van der Waals surface area contributed by atoms with Gasteiger partial charge in [0, 0.05) is 21.3 Å². The molecule has 0 saturated carbocycles. The van der Waals surface area contributed by atoms with Crippen molar-refractivity contribution in [3.63, 3.8) is 0 Å². The minimum atomic E-state index is -0.792. The molecule has 7 heteroatoms. The average Bonchev–Trinajstić information content (AvgIpc) is 2.42. The van der Waals surface area contributed by atoms with Crippen LogP contribution in [0.25, 0.3) is 0 Å². The zero-order valence-electron chi connectivity index (χ0n) is 11.5. The second kappa shape index (κ2) is 9.38. The average molecular weight is 278 g/mol. The van der Waals surface area contributed by atoms with Crippen LogP contribution in [0.3, 0.4) is 0 Å². The molecule has 0 spiro atoms. The Bertz CT molecular complexity index is 258. The Morgan fingerprint density at radius 1 is 0.789 bits per heavy atom. The lowest BCUT2D eigenvalue weighted by Gasteiger charge is -2.36. The maximum atomic E-state index is 9.93. The Labute approximate surface area is 113 Å². The standard InChI is InChI=1S/C12H22O7/c1-14-6-17-10-5-4-9(13)11(18-7-15-2)12(10)19-8-16-3/h4-5,9-13H,6-8H2,1-3H3/t9-,10+,11-,12+/m0/s1. The lowest BCUT2D eigenvalue weighted by Crippen LogP contribution is -2.51. The molecule has 0 bridgehead atoms. The molecule has 0 unspecified atom stereocenters. The summed E-state index contributed by atoms with van der Waals surface area (Å²) in [6.45, 7) is 0.249. The predicted octanol–water partition coefficient (Wildman–Crippen LogP) is -0.116. The number of methoxy groups -OCH3 is 3. The topological polar surface area (TPSA) is 75.6 Å². The van der Waals surface area contributed by atoms with Crippen LogP contribution >= 0.6 is 0 Å². The van der Waals surface area contributed by atoms with Gasteiger partial charge in [0.2, 0.25) is 0 Å². The van der Waals surface area contributed by atoms with E-state index in [9.17, 15) is 5.11 Å². The number of hydrogen-bond donors (Lipinski definition) is 1. The summed E-state index contributed by atoms with van der Waals surface area (Å²) < 4.78 is 31.1. The third-order valence-corrected chi connectivity index (χ3v) is 2.62. The summed E-state index contributed by atoms with van der Waals surface area (Å²) in [4.78, 5) is 0. The molecule has 7 nitrogen and oxygen atoms in total. The van der Waals surface area contributed by atoms with Crippen molar-refractivity contribution >= 4 is 0 Å². The highest BCUT2D eigenvalue weighted by atomic mass is 16.7. The first-order chi connectivity index (χ1) is 9.24. The molecule has 1 aliphatic rings. The number of rotatable bonds is 9. The van der Waals surface area contributed by atoms with Gasteiger partial charge in [-0.15, -0.1) is 0 Å². The molecule has 0 radical (unpaired) electrons. The smallest absolute Gasteiger partial charge is 0.147 e. The lowest BCUT2D eigenvalue weighted by molar-refractivity contribution is -0.216. The number of aliphatic hydroxyl groups is 1. The van der Waals surface area contributed by atoms with E-state index in [-0.39, 0.29) is 26.5 Å². The second-order valence-corrected chi connectivity index (χ2v) is 3.99. The molecule has 0 aromatic carbocycles. The summed E-state index contributed by atoms with van der Waals surface area (Å²) in [5.74, 6) is 0. The molecule has 19 heavy (non-hydrogen) atoms. The van der Waals surface area contributed by atoms with Crippen molar-refractivity contribution in [1.82, 2.24) is 0 Å². The van der Waals surface area contributed by atoms with Crippen molar-refractivity contribution in [2.24, 2.45) is 0 Å². The zero-order valence-corrected chi connectivity index (χ0v) is 11.5. The highest BCUT2D eigenvalue weighted by molar-refractivity contribution is 5.09. The first-order valence-electron chi connectivity index (χ1n) is 5.92. The molecular formula is C12H22O7. The van der Waals surface area contributed by atoms with Crippen molar-refractivity contribution in [3.05, 3.63) is 12.2 Å². The molecule has 1 N–H and O–H groups in total. The van der Waals surface area contributed by atoms with Crippen LogP contribution in [0.5, 0.6) is 0 Å². The highest BCUT2D eigenvalue weighted by Gasteiger charge is 2.38. The molecule has 0 saturated heterocycles. The summed E-state index contributed by atoms with van der Waals surface area (Å²) in [6, 6.07) is 0. The van der Waals surface area contributed by atoms with Crippen molar-refractivity contribution in [2.75, 3.05) is 41.7 Å². The normalized spacial score (nSPS) is 30.7. The van der Waals surface area contributed by atoms with Crippen molar-refractivity contribution < 1.29 is 33.5 Å². The fraction of sp³-hybridized carbons (Fsp3) is 0.833. The fourth-order valence-electron chi connectivity index (χ4n) is 1.80. The van der Waals surface area contributed by atoms with Crippen molar-refractivity contribution in [3.8, 4) is 0 Å². The highest BCUT2D eigenvalue weighted by Crippen LogP contribution is 2.22. The zero-order chi connectivity index (χ0) is 14.1. The van der Waals surface area contributed by atoms with E-state index in [2.05, 4.69) is 0 Å². The maximum absolute atomic E-state index is 9.93. The van der Waals surface area contributed by atoms with E-state index >= 15 is 0 Å². The van der Waals surface area contributed by atoms with Gasteiger partial charge >= 0.3 is 0 Å². The van der Waals surface area contributed by atoms with Crippen LogP contribution < -0.4 is 0 Å². The van der Waals surface area contributed by atoms with Gasteiger partial charge in [0.25, 0.3) is 0 Å². The van der Waals surface area contributed by atoms with Crippen LogP contribution in [-0.2, 0) is 28.4 Å². The van der Waals surface area contributed by atoms with Crippen LogP contribution in [0.15, 0.2) is 12.2 Å². The molecule has 1 rings (SSSR count). The number of hydrogen-bond acceptors (Lipinski definition) is 7. The first kappa shape index (κ1) is 16.5. The molecule has 112 valence electrons. The SMILES string of the molecule is COCO[C@@H]1[C@H](OCOC)[C@H](OCOC)C=C[C@@H]1O. The van der Waals surface area contributed by atoms with Gasteiger partial charge in [0.05, 0.1) is 0 Å². The van der Waals surface area contributed by atoms with Gasteiger partial charge in [-0.25, -0.2) is 0 Å². The minimum absolute atomic E-state index is 0.0550. The van der Waals surface area contributed by atoms with Gasteiger partial charge in [-0.3, -0.25) is 0 Å². The molecule has 1 aliphatic carbocycles. The van der Waals surface area contributed by atoms with Gasteiger partial charge < -0.3 is 33.5 Å². The van der Waals surface area contributed by atoms with E-state index in [1.54, 1.807) is 12.2 Å². The monoisotopic (exact) mass is 278 g/mol. The minimum Gasteiger partial charge on any atom is -0.386 e. The maximum Gasteiger partial charge on any atom is 0.147 e. The van der Waals surface area contributed by atoms with Crippen LogP contribution in [0.2, 0.25) is 0 Å². The first-order valence-corrected chi connectivity index (χ1v) is 5.92.